The van der Waals surface area contributed by atoms with Crippen molar-refractivity contribution in [2.75, 3.05) is 33.2 Å². The second-order valence-corrected chi connectivity index (χ2v) is 7.15. The van der Waals surface area contributed by atoms with E-state index in [1.54, 1.807) is 44.1 Å². The molecule has 0 unspecified atom stereocenters. The van der Waals surface area contributed by atoms with Crippen molar-refractivity contribution in [1.82, 2.24) is 19.7 Å². The molecule has 1 heterocycles. The highest BCUT2D eigenvalue weighted by Crippen LogP contribution is 2.24. The van der Waals surface area contributed by atoms with Crippen molar-refractivity contribution in [2.24, 2.45) is 0 Å². The molecular weight excluding hydrogens is 346 g/mol. The van der Waals surface area contributed by atoms with Gasteiger partial charge in [0.15, 0.2) is 5.82 Å². The van der Waals surface area contributed by atoms with Crippen LogP contribution in [0.25, 0.3) is 0 Å². The Labute approximate surface area is 147 Å². The number of nitrogens with one attached hydrogen (secondary N) is 1. The number of benzene rings is 1. The van der Waals surface area contributed by atoms with Crippen LogP contribution in [0.15, 0.2) is 23.1 Å². The van der Waals surface area contributed by atoms with Gasteiger partial charge in [-0.2, -0.15) is 15.0 Å². The molecule has 0 amide bonds. The van der Waals surface area contributed by atoms with Gasteiger partial charge in [-0.3, -0.25) is 0 Å². The highest BCUT2D eigenvalue weighted by atomic mass is 32.2. The number of rotatable bonds is 7. The number of ether oxygens (including phenoxy) is 2. The van der Waals surface area contributed by atoms with E-state index >= 15 is 0 Å². The normalized spacial score (nSPS) is 11.2. The second kappa shape index (κ2) is 7.62. The van der Waals surface area contributed by atoms with Gasteiger partial charge in [-0.15, -0.1) is 0 Å². The summed E-state index contributed by atoms with van der Waals surface area (Å²) in [6.07, 6.45) is 0. The van der Waals surface area contributed by atoms with E-state index in [1.807, 2.05) is 0 Å². The van der Waals surface area contributed by atoms with Gasteiger partial charge in [0.05, 0.1) is 20.8 Å². The van der Waals surface area contributed by atoms with Crippen molar-refractivity contribution >= 4 is 16.0 Å². The van der Waals surface area contributed by atoms with Gasteiger partial charge in [0.1, 0.15) is 10.6 Å². The first kappa shape index (κ1) is 18.9. The fourth-order valence-corrected chi connectivity index (χ4v) is 3.22. The van der Waals surface area contributed by atoms with Gasteiger partial charge in [-0.25, -0.2) is 13.1 Å². The molecule has 2 aromatic rings. The molecule has 25 heavy (non-hydrogen) atoms. The molecular formula is C15H21N5O4S. The summed E-state index contributed by atoms with van der Waals surface area (Å²) in [5, 5.41) is 0. The second-order valence-electron chi connectivity index (χ2n) is 5.41. The minimum atomic E-state index is -3.81. The van der Waals surface area contributed by atoms with Crippen molar-refractivity contribution in [2.45, 2.75) is 18.4 Å². The van der Waals surface area contributed by atoms with E-state index in [9.17, 15) is 8.42 Å². The Kier molecular flexibility index (Phi) is 5.75. The molecule has 0 aliphatic rings. The number of aryl methyl sites for hydroxylation is 1. The van der Waals surface area contributed by atoms with Gasteiger partial charge < -0.3 is 14.4 Å². The molecule has 1 aromatic heterocycles. The number of nitrogens with zero attached hydrogens (tertiary/aromatic N) is 4. The topological polar surface area (TPSA) is 107 Å². The summed E-state index contributed by atoms with van der Waals surface area (Å²) in [5.74, 6) is 0.875. The van der Waals surface area contributed by atoms with Gasteiger partial charge >= 0.3 is 6.01 Å². The number of methoxy groups -OCH3 is 2. The van der Waals surface area contributed by atoms with Gasteiger partial charge in [0.25, 0.3) is 0 Å². The van der Waals surface area contributed by atoms with Crippen LogP contribution in [-0.2, 0) is 16.6 Å². The third kappa shape index (κ3) is 4.54. The Morgan fingerprint density at radius 2 is 1.84 bits per heavy atom. The molecule has 9 nitrogen and oxygen atoms in total. The predicted octanol–water partition coefficient (Wildman–Crippen LogP) is 0.742. The maximum absolute atomic E-state index is 12.6. The lowest BCUT2D eigenvalue weighted by Crippen LogP contribution is -2.26. The monoisotopic (exact) mass is 367 g/mol. The van der Waals surface area contributed by atoms with Crippen molar-refractivity contribution in [3.8, 4) is 11.8 Å². The van der Waals surface area contributed by atoms with Crippen LogP contribution in [0.1, 0.15) is 11.4 Å². The molecule has 0 radical (unpaired) electrons. The van der Waals surface area contributed by atoms with E-state index in [4.69, 9.17) is 9.47 Å². The van der Waals surface area contributed by atoms with Crippen LogP contribution in [0.5, 0.6) is 11.8 Å². The molecule has 0 aliphatic carbocycles. The van der Waals surface area contributed by atoms with Gasteiger partial charge in [-0.05, 0) is 24.6 Å². The summed E-state index contributed by atoms with van der Waals surface area (Å²) in [4.78, 5) is 14.1. The highest BCUT2D eigenvalue weighted by molar-refractivity contribution is 7.89. The fourth-order valence-electron chi connectivity index (χ4n) is 1.99. The molecule has 0 saturated carbocycles. The number of hydrogen-bond donors (Lipinski definition) is 1. The van der Waals surface area contributed by atoms with E-state index in [2.05, 4.69) is 19.7 Å². The van der Waals surface area contributed by atoms with Crippen LogP contribution >= 0.6 is 0 Å². The van der Waals surface area contributed by atoms with Crippen LogP contribution in [0.2, 0.25) is 0 Å². The first-order chi connectivity index (χ1) is 11.8. The molecule has 136 valence electrons. The molecule has 0 spiro atoms. The molecule has 1 N–H and O–H groups in total. The summed E-state index contributed by atoms with van der Waals surface area (Å²) in [6.45, 7) is 1.69. The Balaban J connectivity index is 2.29. The summed E-state index contributed by atoms with van der Waals surface area (Å²) >= 11 is 0. The molecule has 0 aliphatic heterocycles. The van der Waals surface area contributed by atoms with E-state index < -0.39 is 10.0 Å². The molecule has 10 heteroatoms. The van der Waals surface area contributed by atoms with Crippen LogP contribution in [0.3, 0.4) is 0 Å². The molecule has 1 aromatic carbocycles. The Bertz CT molecular complexity index is 855. The fraction of sp³-hybridized carbons (Fsp3) is 0.400. The van der Waals surface area contributed by atoms with Crippen molar-refractivity contribution in [1.29, 1.82) is 0 Å². The van der Waals surface area contributed by atoms with Gasteiger partial charge in [0.2, 0.25) is 16.0 Å². The molecule has 0 saturated heterocycles. The van der Waals surface area contributed by atoms with E-state index in [-0.39, 0.29) is 29.0 Å². The quantitative estimate of drug-likeness (QED) is 0.764. The molecule has 0 fully saturated rings. The Morgan fingerprint density at radius 1 is 1.12 bits per heavy atom. The predicted molar refractivity (Wildman–Crippen MR) is 92.5 cm³/mol. The lowest BCUT2D eigenvalue weighted by atomic mass is 10.2. The lowest BCUT2D eigenvalue weighted by molar-refractivity contribution is 0.375. The molecule has 0 bridgehead atoms. The first-order valence-electron chi connectivity index (χ1n) is 7.37. The maximum atomic E-state index is 12.6. The van der Waals surface area contributed by atoms with Crippen molar-refractivity contribution < 1.29 is 17.9 Å². The number of aromatic nitrogens is 3. The third-order valence-electron chi connectivity index (χ3n) is 3.26. The summed E-state index contributed by atoms with van der Waals surface area (Å²) < 4.78 is 37.9. The molecule has 0 atom stereocenters. The Hall–Kier alpha value is -2.46. The number of anilines is 1. The van der Waals surface area contributed by atoms with Crippen molar-refractivity contribution in [3.05, 3.63) is 29.6 Å². The zero-order chi connectivity index (χ0) is 18.6. The summed E-state index contributed by atoms with van der Waals surface area (Å²) in [5.41, 5.74) is 0.804. The van der Waals surface area contributed by atoms with Gasteiger partial charge in [-0.1, -0.05) is 6.07 Å². The Morgan fingerprint density at radius 3 is 2.44 bits per heavy atom. The number of sulfonamides is 1. The summed E-state index contributed by atoms with van der Waals surface area (Å²) in [7, 11) is 2.57. The van der Waals surface area contributed by atoms with Crippen LogP contribution in [-0.4, -0.2) is 51.7 Å². The van der Waals surface area contributed by atoms with E-state index in [0.29, 0.717) is 5.95 Å². The number of hydrogen-bond acceptors (Lipinski definition) is 8. The average molecular weight is 367 g/mol. The molecule has 2 rings (SSSR count). The largest absolute Gasteiger partial charge is 0.495 e. The highest BCUT2D eigenvalue weighted by Gasteiger charge is 2.20. The minimum absolute atomic E-state index is 0.0591. The van der Waals surface area contributed by atoms with Crippen LogP contribution < -0.4 is 19.1 Å². The first-order valence-corrected chi connectivity index (χ1v) is 8.85. The van der Waals surface area contributed by atoms with Gasteiger partial charge in [0, 0.05) is 14.1 Å². The SMILES string of the molecule is COc1nc(CNS(=O)(=O)c2cc(C)ccc2OC)nc(N(C)C)n1. The smallest absolute Gasteiger partial charge is 0.321 e. The third-order valence-corrected chi connectivity index (χ3v) is 4.68. The van der Waals surface area contributed by atoms with E-state index in [0.717, 1.165) is 5.56 Å². The standard InChI is InChI=1S/C15H21N5O4S/c1-10-6-7-11(23-4)12(8-10)25(21,22)16-9-13-17-14(20(2)3)19-15(18-13)24-5/h6-8,16H,9H2,1-5H3. The van der Waals surface area contributed by atoms with E-state index in [1.165, 1.54) is 14.2 Å². The minimum Gasteiger partial charge on any atom is -0.495 e. The maximum Gasteiger partial charge on any atom is 0.321 e. The van der Waals surface area contributed by atoms with Crippen LogP contribution in [0.4, 0.5) is 5.95 Å². The summed E-state index contributed by atoms with van der Waals surface area (Å²) in [6, 6.07) is 5.04. The lowest BCUT2D eigenvalue weighted by Gasteiger charge is -2.13. The zero-order valence-electron chi connectivity index (χ0n) is 14.8. The zero-order valence-corrected chi connectivity index (χ0v) is 15.6. The average Bonchev–Trinajstić information content (AvgIpc) is 2.59. The van der Waals surface area contributed by atoms with Crippen LogP contribution in [0, 0.1) is 6.92 Å². The van der Waals surface area contributed by atoms with Crippen molar-refractivity contribution in [3.63, 3.8) is 0 Å².